The third-order valence-electron chi connectivity index (χ3n) is 4.77. The van der Waals surface area contributed by atoms with Gasteiger partial charge in [-0.1, -0.05) is 30.3 Å². The summed E-state index contributed by atoms with van der Waals surface area (Å²) in [6.45, 7) is 9.98. The summed E-state index contributed by atoms with van der Waals surface area (Å²) in [4.78, 5) is 24.5. The highest BCUT2D eigenvalue weighted by Gasteiger charge is 2.49. The maximum atomic E-state index is 12.4. The SMILES string of the molecule is CC(C)(C)C(=O)OC[C@@H]1OC(O)[C@@H](OC(=O)C(C)(C)C)[C@H](OCc2ccccc2)[C@H]1O. The molecule has 8 heteroatoms. The van der Waals surface area contributed by atoms with Gasteiger partial charge in [0.25, 0.3) is 0 Å². The number of aliphatic hydroxyl groups is 2. The Morgan fingerprint density at radius 1 is 0.935 bits per heavy atom. The van der Waals surface area contributed by atoms with Crippen molar-refractivity contribution in [2.75, 3.05) is 6.61 Å². The van der Waals surface area contributed by atoms with E-state index in [2.05, 4.69) is 0 Å². The van der Waals surface area contributed by atoms with Crippen molar-refractivity contribution in [2.45, 2.75) is 78.9 Å². The van der Waals surface area contributed by atoms with Gasteiger partial charge in [0.15, 0.2) is 12.4 Å². The van der Waals surface area contributed by atoms with Gasteiger partial charge in [-0.05, 0) is 47.1 Å². The average molecular weight is 439 g/mol. The lowest BCUT2D eigenvalue weighted by atomic mass is 9.95. The summed E-state index contributed by atoms with van der Waals surface area (Å²) in [5.41, 5.74) is -0.716. The largest absolute Gasteiger partial charge is 0.462 e. The van der Waals surface area contributed by atoms with Crippen molar-refractivity contribution in [3.05, 3.63) is 35.9 Å². The molecule has 1 aromatic carbocycles. The lowest BCUT2D eigenvalue weighted by molar-refractivity contribution is -0.302. The summed E-state index contributed by atoms with van der Waals surface area (Å²) in [6.07, 6.45) is -6.26. The maximum absolute atomic E-state index is 12.4. The molecule has 0 saturated carbocycles. The van der Waals surface area contributed by atoms with Crippen LogP contribution in [0.5, 0.6) is 0 Å². The first-order chi connectivity index (χ1) is 14.3. The fourth-order valence-corrected chi connectivity index (χ4v) is 2.80. The molecular formula is C23H34O8. The van der Waals surface area contributed by atoms with Crippen molar-refractivity contribution < 1.29 is 38.7 Å². The molecule has 8 nitrogen and oxygen atoms in total. The van der Waals surface area contributed by atoms with Gasteiger partial charge in [-0.2, -0.15) is 0 Å². The minimum absolute atomic E-state index is 0.118. The molecule has 2 rings (SSSR count). The van der Waals surface area contributed by atoms with Crippen LogP contribution in [0.4, 0.5) is 0 Å². The van der Waals surface area contributed by atoms with E-state index in [1.165, 1.54) is 0 Å². The van der Waals surface area contributed by atoms with Crippen LogP contribution in [0.1, 0.15) is 47.1 Å². The molecule has 1 heterocycles. The van der Waals surface area contributed by atoms with Crippen LogP contribution in [0, 0.1) is 10.8 Å². The molecule has 0 aromatic heterocycles. The van der Waals surface area contributed by atoms with Crippen LogP contribution >= 0.6 is 0 Å². The van der Waals surface area contributed by atoms with Gasteiger partial charge in [-0.3, -0.25) is 9.59 Å². The third kappa shape index (κ3) is 7.00. The fourth-order valence-electron chi connectivity index (χ4n) is 2.80. The van der Waals surface area contributed by atoms with Gasteiger partial charge in [0, 0.05) is 0 Å². The number of ether oxygens (including phenoxy) is 4. The summed E-state index contributed by atoms with van der Waals surface area (Å²) in [6, 6.07) is 9.26. The summed E-state index contributed by atoms with van der Waals surface area (Å²) >= 11 is 0. The first kappa shape index (κ1) is 25.3. The molecular weight excluding hydrogens is 404 g/mol. The number of carbonyl (C=O) groups excluding carboxylic acids is 2. The van der Waals surface area contributed by atoms with Crippen LogP contribution < -0.4 is 0 Å². The van der Waals surface area contributed by atoms with E-state index >= 15 is 0 Å². The summed E-state index contributed by atoms with van der Waals surface area (Å²) in [5.74, 6) is -1.04. The van der Waals surface area contributed by atoms with Crippen LogP contribution in [-0.4, -0.2) is 59.5 Å². The second kappa shape index (κ2) is 10.1. The molecule has 0 bridgehead atoms. The molecule has 0 radical (unpaired) electrons. The Hall–Kier alpha value is -2.00. The van der Waals surface area contributed by atoms with Gasteiger partial charge < -0.3 is 29.2 Å². The van der Waals surface area contributed by atoms with Crippen molar-refractivity contribution >= 4 is 11.9 Å². The molecule has 2 N–H and O–H groups in total. The molecule has 1 aromatic rings. The standard InChI is InChI=1S/C23H34O8/c1-22(2,3)20(26)29-13-15-16(24)17(28-12-14-10-8-7-9-11-14)18(19(25)30-15)31-21(27)23(4,5)6/h7-11,15-19,24-25H,12-13H2,1-6H3/t15-,16-,17+,18-,19?/m0/s1. The molecule has 5 atom stereocenters. The van der Waals surface area contributed by atoms with E-state index in [-0.39, 0.29) is 13.2 Å². The Morgan fingerprint density at radius 3 is 2.06 bits per heavy atom. The van der Waals surface area contributed by atoms with Gasteiger partial charge in [0.1, 0.15) is 24.9 Å². The lowest BCUT2D eigenvalue weighted by Gasteiger charge is -2.42. The molecule has 1 aliphatic rings. The molecule has 1 unspecified atom stereocenters. The van der Waals surface area contributed by atoms with Crippen molar-refractivity contribution in [1.82, 2.24) is 0 Å². The number of esters is 2. The number of hydrogen-bond donors (Lipinski definition) is 2. The Labute approximate surface area is 183 Å². The van der Waals surface area contributed by atoms with E-state index < -0.39 is 53.5 Å². The van der Waals surface area contributed by atoms with E-state index in [0.717, 1.165) is 5.56 Å². The Bertz CT molecular complexity index is 734. The highest BCUT2D eigenvalue weighted by Crippen LogP contribution is 2.29. The number of benzene rings is 1. The van der Waals surface area contributed by atoms with Crippen molar-refractivity contribution in [2.24, 2.45) is 10.8 Å². The topological polar surface area (TPSA) is 112 Å². The monoisotopic (exact) mass is 438 g/mol. The van der Waals surface area contributed by atoms with E-state index in [1.54, 1.807) is 41.5 Å². The maximum Gasteiger partial charge on any atom is 0.311 e. The minimum Gasteiger partial charge on any atom is -0.462 e. The highest BCUT2D eigenvalue weighted by atomic mass is 16.7. The Balaban J connectivity index is 2.17. The Kier molecular flexibility index (Phi) is 8.21. The highest BCUT2D eigenvalue weighted by molar-refractivity contribution is 5.76. The van der Waals surface area contributed by atoms with E-state index in [9.17, 15) is 19.8 Å². The molecule has 0 spiro atoms. The summed E-state index contributed by atoms with van der Waals surface area (Å²) in [5, 5.41) is 21.4. The number of hydrogen-bond acceptors (Lipinski definition) is 8. The molecule has 31 heavy (non-hydrogen) atoms. The van der Waals surface area contributed by atoms with Gasteiger partial charge >= 0.3 is 11.9 Å². The zero-order valence-corrected chi connectivity index (χ0v) is 19.0. The molecule has 1 saturated heterocycles. The lowest BCUT2D eigenvalue weighted by Crippen LogP contribution is -2.61. The zero-order valence-electron chi connectivity index (χ0n) is 19.0. The molecule has 0 aliphatic carbocycles. The predicted molar refractivity (Wildman–Crippen MR) is 112 cm³/mol. The number of rotatable bonds is 6. The van der Waals surface area contributed by atoms with Gasteiger partial charge in [0.2, 0.25) is 0 Å². The first-order valence-corrected chi connectivity index (χ1v) is 10.4. The van der Waals surface area contributed by atoms with Crippen LogP contribution in [0.15, 0.2) is 30.3 Å². The number of aliphatic hydroxyl groups excluding tert-OH is 2. The fraction of sp³-hybridized carbons (Fsp3) is 0.652. The second-order valence-corrected chi connectivity index (χ2v) is 9.79. The third-order valence-corrected chi connectivity index (χ3v) is 4.77. The molecule has 1 aliphatic heterocycles. The molecule has 0 amide bonds. The molecule has 1 fully saturated rings. The van der Waals surface area contributed by atoms with Gasteiger partial charge in [-0.25, -0.2) is 0 Å². The van der Waals surface area contributed by atoms with Crippen LogP contribution in [-0.2, 0) is 35.1 Å². The van der Waals surface area contributed by atoms with Crippen molar-refractivity contribution in [1.29, 1.82) is 0 Å². The van der Waals surface area contributed by atoms with E-state index in [0.29, 0.717) is 0 Å². The summed E-state index contributed by atoms with van der Waals surface area (Å²) < 4.78 is 22.0. The van der Waals surface area contributed by atoms with E-state index in [1.807, 2.05) is 30.3 Å². The quantitative estimate of drug-likeness (QED) is 0.650. The van der Waals surface area contributed by atoms with Crippen molar-refractivity contribution in [3.8, 4) is 0 Å². The van der Waals surface area contributed by atoms with Crippen LogP contribution in [0.25, 0.3) is 0 Å². The average Bonchev–Trinajstić information content (AvgIpc) is 2.68. The van der Waals surface area contributed by atoms with Gasteiger partial charge in [0.05, 0.1) is 17.4 Å². The normalized spacial score (nSPS) is 26.9. The van der Waals surface area contributed by atoms with Gasteiger partial charge in [-0.15, -0.1) is 0 Å². The second-order valence-electron chi connectivity index (χ2n) is 9.79. The minimum atomic E-state index is -1.56. The molecule has 174 valence electrons. The zero-order chi connectivity index (χ0) is 23.4. The first-order valence-electron chi connectivity index (χ1n) is 10.4. The Morgan fingerprint density at radius 2 is 1.52 bits per heavy atom. The van der Waals surface area contributed by atoms with Crippen LogP contribution in [0.3, 0.4) is 0 Å². The summed E-state index contributed by atoms with van der Waals surface area (Å²) in [7, 11) is 0. The smallest absolute Gasteiger partial charge is 0.311 e. The number of carbonyl (C=O) groups is 2. The van der Waals surface area contributed by atoms with E-state index in [4.69, 9.17) is 18.9 Å². The van der Waals surface area contributed by atoms with Crippen molar-refractivity contribution in [3.63, 3.8) is 0 Å². The van der Waals surface area contributed by atoms with Crippen LogP contribution in [0.2, 0.25) is 0 Å². The predicted octanol–water partition coefficient (Wildman–Crippen LogP) is 2.20.